The van der Waals surface area contributed by atoms with Crippen LogP contribution in [0.5, 0.6) is 5.75 Å². The molecule has 4 N–H and O–H groups in total. The molecule has 118 valence electrons. The van der Waals surface area contributed by atoms with Gasteiger partial charge in [0.25, 0.3) is 0 Å². The number of nitrogens with two attached hydrogens (primary N) is 1. The number of aliphatic hydroxyl groups excluding tert-OH is 1. The van der Waals surface area contributed by atoms with Gasteiger partial charge in [-0.2, -0.15) is 0 Å². The molecule has 0 aromatic heterocycles. The predicted octanol–water partition coefficient (Wildman–Crippen LogP) is 1.31. The number of anilines is 2. The second-order valence-corrected chi connectivity index (χ2v) is 5.11. The van der Waals surface area contributed by atoms with E-state index in [0.717, 1.165) is 0 Å². The molecule has 0 saturated carbocycles. The van der Waals surface area contributed by atoms with Crippen LogP contribution in [0.4, 0.5) is 11.4 Å². The molecule has 6 heteroatoms. The highest BCUT2D eigenvalue weighted by Crippen LogP contribution is 2.26. The SMILES string of the molecule is COc1cc(N)ccc1NC(=O)CCN(CCO)C(C)C. The molecule has 0 heterocycles. The molecule has 1 aromatic rings. The third-order valence-corrected chi connectivity index (χ3v) is 3.24. The fraction of sp³-hybridized carbons (Fsp3) is 0.533. The Labute approximate surface area is 125 Å². The molecule has 0 radical (unpaired) electrons. The summed E-state index contributed by atoms with van der Waals surface area (Å²) in [5.74, 6) is 0.445. The Morgan fingerprint density at radius 1 is 1.43 bits per heavy atom. The second-order valence-electron chi connectivity index (χ2n) is 5.11. The van der Waals surface area contributed by atoms with Crippen molar-refractivity contribution in [3.8, 4) is 5.75 Å². The minimum Gasteiger partial charge on any atom is -0.494 e. The number of amides is 1. The number of hydrogen-bond donors (Lipinski definition) is 3. The van der Waals surface area contributed by atoms with E-state index >= 15 is 0 Å². The van der Waals surface area contributed by atoms with Gasteiger partial charge in [-0.05, 0) is 26.0 Å². The van der Waals surface area contributed by atoms with E-state index in [-0.39, 0.29) is 18.6 Å². The maximum absolute atomic E-state index is 12.0. The Bertz CT molecular complexity index is 463. The minimum atomic E-state index is -0.0957. The molecule has 21 heavy (non-hydrogen) atoms. The van der Waals surface area contributed by atoms with Crippen LogP contribution < -0.4 is 15.8 Å². The Balaban J connectivity index is 2.57. The molecular formula is C15H25N3O3. The summed E-state index contributed by atoms with van der Waals surface area (Å²) in [4.78, 5) is 14.1. The van der Waals surface area contributed by atoms with Gasteiger partial charge in [-0.25, -0.2) is 0 Å². The molecule has 0 aliphatic heterocycles. The Kier molecular flexibility index (Phi) is 6.98. The fourth-order valence-electron chi connectivity index (χ4n) is 2.03. The average molecular weight is 295 g/mol. The molecule has 1 amide bonds. The number of methoxy groups -OCH3 is 1. The van der Waals surface area contributed by atoms with Crippen LogP contribution in [0.15, 0.2) is 18.2 Å². The quantitative estimate of drug-likeness (QED) is 0.629. The van der Waals surface area contributed by atoms with E-state index in [1.807, 2.05) is 13.8 Å². The smallest absolute Gasteiger partial charge is 0.225 e. The molecule has 6 nitrogen and oxygen atoms in total. The zero-order valence-corrected chi connectivity index (χ0v) is 12.9. The van der Waals surface area contributed by atoms with Gasteiger partial charge < -0.3 is 20.9 Å². The van der Waals surface area contributed by atoms with Gasteiger partial charge in [0, 0.05) is 37.3 Å². The lowest BCUT2D eigenvalue weighted by Gasteiger charge is -2.25. The Hall–Kier alpha value is -1.79. The van der Waals surface area contributed by atoms with E-state index in [0.29, 0.717) is 36.6 Å². The number of nitrogen functional groups attached to an aromatic ring is 1. The lowest BCUT2D eigenvalue weighted by molar-refractivity contribution is -0.116. The van der Waals surface area contributed by atoms with Crippen molar-refractivity contribution in [2.45, 2.75) is 26.3 Å². The summed E-state index contributed by atoms with van der Waals surface area (Å²) >= 11 is 0. The van der Waals surface area contributed by atoms with Crippen LogP contribution in [0.3, 0.4) is 0 Å². The molecule has 0 spiro atoms. The van der Waals surface area contributed by atoms with Gasteiger partial charge in [0.15, 0.2) is 0 Å². The Morgan fingerprint density at radius 2 is 2.14 bits per heavy atom. The highest BCUT2D eigenvalue weighted by atomic mass is 16.5. The third kappa shape index (κ3) is 5.61. The van der Waals surface area contributed by atoms with Crippen LogP contribution in [0, 0.1) is 0 Å². The molecule has 0 aliphatic rings. The topological polar surface area (TPSA) is 87.8 Å². The number of hydrogen-bond acceptors (Lipinski definition) is 5. The van der Waals surface area contributed by atoms with E-state index in [9.17, 15) is 4.79 Å². The Morgan fingerprint density at radius 3 is 2.71 bits per heavy atom. The third-order valence-electron chi connectivity index (χ3n) is 3.24. The zero-order valence-electron chi connectivity index (χ0n) is 12.9. The molecule has 1 rings (SSSR count). The molecular weight excluding hydrogens is 270 g/mol. The van der Waals surface area contributed by atoms with Gasteiger partial charge in [0.1, 0.15) is 5.75 Å². The molecule has 0 unspecified atom stereocenters. The first-order chi connectivity index (χ1) is 9.97. The second kappa shape index (κ2) is 8.49. The van der Waals surface area contributed by atoms with Crippen LogP contribution in [-0.2, 0) is 4.79 Å². The molecule has 0 atom stereocenters. The van der Waals surface area contributed by atoms with Crippen molar-refractivity contribution in [1.29, 1.82) is 0 Å². The summed E-state index contributed by atoms with van der Waals surface area (Å²) in [6.45, 7) is 5.33. The van der Waals surface area contributed by atoms with E-state index < -0.39 is 0 Å². The number of nitrogens with one attached hydrogen (secondary N) is 1. The van der Waals surface area contributed by atoms with Crippen molar-refractivity contribution in [1.82, 2.24) is 4.90 Å². The molecule has 0 fully saturated rings. The number of nitrogens with zero attached hydrogens (tertiary/aromatic N) is 1. The van der Waals surface area contributed by atoms with Crippen molar-refractivity contribution >= 4 is 17.3 Å². The first-order valence-corrected chi connectivity index (χ1v) is 7.06. The number of rotatable bonds is 8. The first-order valence-electron chi connectivity index (χ1n) is 7.06. The van der Waals surface area contributed by atoms with Gasteiger partial charge in [-0.15, -0.1) is 0 Å². The molecule has 0 bridgehead atoms. The highest BCUT2D eigenvalue weighted by Gasteiger charge is 2.12. The summed E-state index contributed by atoms with van der Waals surface area (Å²) in [7, 11) is 1.53. The molecule has 1 aromatic carbocycles. The van der Waals surface area contributed by atoms with Crippen molar-refractivity contribution in [3.05, 3.63) is 18.2 Å². The fourth-order valence-corrected chi connectivity index (χ4v) is 2.03. The summed E-state index contributed by atoms with van der Waals surface area (Å²) in [5, 5.41) is 11.8. The van der Waals surface area contributed by atoms with Gasteiger partial charge in [-0.3, -0.25) is 9.69 Å². The number of carbonyl (C=O) groups excluding carboxylic acids is 1. The van der Waals surface area contributed by atoms with Gasteiger partial charge >= 0.3 is 0 Å². The molecule has 0 saturated heterocycles. The number of aliphatic hydroxyl groups is 1. The van der Waals surface area contributed by atoms with Gasteiger partial charge in [0.05, 0.1) is 19.4 Å². The van der Waals surface area contributed by atoms with E-state index in [1.165, 1.54) is 7.11 Å². The maximum atomic E-state index is 12.0. The molecule has 0 aliphatic carbocycles. The van der Waals surface area contributed by atoms with Gasteiger partial charge in [0.2, 0.25) is 5.91 Å². The van der Waals surface area contributed by atoms with Crippen LogP contribution in [0.25, 0.3) is 0 Å². The van der Waals surface area contributed by atoms with Crippen molar-refractivity contribution in [2.75, 3.05) is 37.9 Å². The highest BCUT2D eigenvalue weighted by molar-refractivity contribution is 5.92. The maximum Gasteiger partial charge on any atom is 0.225 e. The average Bonchev–Trinajstić information content (AvgIpc) is 2.44. The number of ether oxygens (including phenoxy) is 1. The van der Waals surface area contributed by atoms with Crippen LogP contribution in [-0.4, -0.2) is 48.8 Å². The number of benzene rings is 1. The number of carbonyl (C=O) groups is 1. The van der Waals surface area contributed by atoms with E-state index in [4.69, 9.17) is 15.6 Å². The predicted molar refractivity (Wildman–Crippen MR) is 84.4 cm³/mol. The minimum absolute atomic E-state index is 0.0889. The van der Waals surface area contributed by atoms with E-state index in [2.05, 4.69) is 10.2 Å². The summed E-state index contributed by atoms with van der Waals surface area (Å²) in [6, 6.07) is 5.39. The van der Waals surface area contributed by atoms with E-state index in [1.54, 1.807) is 18.2 Å². The van der Waals surface area contributed by atoms with Crippen molar-refractivity contribution in [3.63, 3.8) is 0 Å². The summed E-state index contributed by atoms with van der Waals surface area (Å²) in [5.41, 5.74) is 6.86. The van der Waals surface area contributed by atoms with Crippen molar-refractivity contribution < 1.29 is 14.6 Å². The summed E-state index contributed by atoms with van der Waals surface area (Å²) in [6.07, 6.45) is 0.353. The lowest BCUT2D eigenvalue weighted by atomic mass is 10.2. The van der Waals surface area contributed by atoms with Crippen LogP contribution >= 0.6 is 0 Å². The standard InChI is InChI=1S/C15H25N3O3/c1-11(2)18(8-9-19)7-6-15(20)17-13-5-4-12(16)10-14(13)21-3/h4-5,10-11,19H,6-9,16H2,1-3H3,(H,17,20). The van der Waals surface area contributed by atoms with Gasteiger partial charge in [-0.1, -0.05) is 0 Å². The normalized spacial score (nSPS) is 11.0. The van der Waals surface area contributed by atoms with Crippen LogP contribution in [0.1, 0.15) is 20.3 Å². The zero-order chi connectivity index (χ0) is 15.8. The van der Waals surface area contributed by atoms with Crippen molar-refractivity contribution in [2.24, 2.45) is 0 Å². The lowest BCUT2D eigenvalue weighted by Crippen LogP contribution is -2.35. The monoisotopic (exact) mass is 295 g/mol. The summed E-state index contributed by atoms with van der Waals surface area (Å²) < 4.78 is 5.19. The largest absolute Gasteiger partial charge is 0.494 e. The first kappa shape index (κ1) is 17.3. The van der Waals surface area contributed by atoms with Crippen LogP contribution in [0.2, 0.25) is 0 Å².